The minimum absolute atomic E-state index is 0.00106. The molecule has 2 aliphatic rings. The van der Waals surface area contributed by atoms with Gasteiger partial charge in [-0.05, 0) is 42.0 Å². The fraction of sp³-hybridized carbons (Fsp3) is 0.571. The lowest BCUT2D eigenvalue weighted by atomic mass is 10.1. The lowest BCUT2D eigenvalue weighted by Gasteiger charge is -2.16. The van der Waals surface area contributed by atoms with Crippen molar-refractivity contribution < 1.29 is 9.47 Å². The van der Waals surface area contributed by atoms with Gasteiger partial charge in [0.25, 0.3) is 0 Å². The fourth-order valence-corrected chi connectivity index (χ4v) is 2.45. The van der Waals surface area contributed by atoms with Crippen LogP contribution in [0.25, 0.3) is 0 Å². The number of ether oxygens (including phenoxy) is 2. The molecule has 0 radical (unpaired) electrons. The minimum atomic E-state index is -0.00106. The summed E-state index contributed by atoms with van der Waals surface area (Å²) < 4.78 is 11.2. The molecule has 2 unspecified atom stereocenters. The van der Waals surface area contributed by atoms with Gasteiger partial charge in [0.15, 0.2) is 0 Å². The van der Waals surface area contributed by atoms with Crippen LogP contribution in [-0.2, 0) is 11.2 Å². The molecule has 1 saturated carbocycles. The Bertz CT molecular complexity index is 415. The van der Waals surface area contributed by atoms with Crippen molar-refractivity contribution in [2.24, 2.45) is 11.7 Å². The van der Waals surface area contributed by atoms with E-state index in [1.807, 2.05) is 12.1 Å². The first-order chi connectivity index (χ1) is 8.28. The Morgan fingerprint density at radius 2 is 2.18 bits per heavy atom. The molecule has 0 spiro atoms. The molecule has 2 N–H and O–H groups in total. The number of nitrogens with two attached hydrogens (primary N) is 1. The normalized spacial score (nSPS) is 26.9. The van der Waals surface area contributed by atoms with Gasteiger partial charge in [-0.2, -0.15) is 0 Å². The van der Waals surface area contributed by atoms with Crippen LogP contribution >= 0.6 is 0 Å². The second-order valence-electron chi connectivity index (χ2n) is 5.11. The largest absolute Gasteiger partial charge is 0.497 e. The number of methoxy groups -OCH3 is 1. The van der Waals surface area contributed by atoms with Gasteiger partial charge in [-0.15, -0.1) is 0 Å². The van der Waals surface area contributed by atoms with Crippen molar-refractivity contribution >= 4 is 0 Å². The maximum absolute atomic E-state index is 6.24. The first-order valence-electron chi connectivity index (χ1n) is 6.32. The van der Waals surface area contributed by atoms with Crippen LogP contribution in [-0.4, -0.2) is 19.8 Å². The quantitative estimate of drug-likeness (QED) is 0.865. The molecule has 17 heavy (non-hydrogen) atoms. The molecule has 3 heteroatoms. The molecule has 0 aliphatic heterocycles. The van der Waals surface area contributed by atoms with Crippen LogP contribution in [0.15, 0.2) is 18.2 Å². The molecule has 1 aromatic carbocycles. The van der Waals surface area contributed by atoms with E-state index in [1.165, 1.54) is 24.0 Å². The van der Waals surface area contributed by atoms with Crippen molar-refractivity contribution in [3.05, 3.63) is 29.3 Å². The first kappa shape index (κ1) is 11.1. The highest BCUT2D eigenvalue weighted by atomic mass is 16.5. The first-order valence-corrected chi connectivity index (χ1v) is 6.32. The van der Waals surface area contributed by atoms with Gasteiger partial charge in [-0.1, -0.05) is 6.07 Å². The van der Waals surface area contributed by atoms with Crippen molar-refractivity contribution in [3.8, 4) is 5.75 Å². The van der Waals surface area contributed by atoms with E-state index < -0.39 is 0 Å². The predicted molar refractivity (Wildman–Crippen MR) is 66.1 cm³/mol. The standard InChI is InChI=1S/C14H19NO2/c1-16-11-5-4-10-6-13(14(15)12(10)7-11)17-8-9-2-3-9/h4-5,7,9,13-14H,2-3,6,8,15H2,1H3. The maximum Gasteiger partial charge on any atom is 0.119 e. The van der Waals surface area contributed by atoms with E-state index >= 15 is 0 Å². The van der Waals surface area contributed by atoms with E-state index in [0.29, 0.717) is 0 Å². The summed E-state index contributed by atoms with van der Waals surface area (Å²) in [5.74, 6) is 1.67. The van der Waals surface area contributed by atoms with Crippen LogP contribution in [0.5, 0.6) is 5.75 Å². The van der Waals surface area contributed by atoms with Gasteiger partial charge < -0.3 is 15.2 Å². The summed E-state index contributed by atoms with van der Waals surface area (Å²) in [5.41, 5.74) is 8.73. The van der Waals surface area contributed by atoms with Gasteiger partial charge in [0.05, 0.1) is 19.3 Å². The van der Waals surface area contributed by atoms with Gasteiger partial charge >= 0.3 is 0 Å². The number of fused-ring (bicyclic) bond motifs is 1. The SMILES string of the molecule is COc1ccc2c(c1)C(N)C(OCC1CC1)C2. The third-order valence-electron chi connectivity index (χ3n) is 3.78. The molecule has 2 atom stereocenters. The van der Waals surface area contributed by atoms with Crippen LogP contribution in [0, 0.1) is 5.92 Å². The number of hydrogen-bond donors (Lipinski definition) is 1. The van der Waals surface area contributed by atoms with Gasteiger partial charge in [0.1, 0.15) is 5.75 Å². The molecule has 1 aromatic rings. The summed E-state index contributed by atoms with van der Waals surface area (Å²) in [6, 6.07) is 6.14. The van der Waals surface area contributed by atoms with Crippen molar-refractivity contribution in [2.45, 2.75) is 31.4 Å². The number of benzene rings is 1. The van der Waals surface area contributed by atoms with Crippen LogP contribution in [0.1, 0.15) is 30.0 Å². The maximum atomic E-state index is 6.24. The average molecular weight is 233 g/mol. The molecule has 92 valence electrons. The third-order valence-corrected chi connectivity index (χ3v) is 3.78. The molecule has 0 bridgehead atoms. The van der Waals surface area contributed by atoms with Gasteiger partial charge in [-0.3, -0.25) is 0 Å². The molecular weight excluding hydrogens is 214 g/mol. The summed E-state index contributed by atoms with van der Waals surface area (Å²) in [6.07, 6.45) is 3.73. The molecule has 0 aromatic heterocycles. The van der Waals surface area contributed by atoms with Gasteiger partial charge in [0, 0.05) is 13.0 Å². The Balaban J connectivity index is 1.71. The number of hydrogen-bond acceptors (Lipinski definition) is 3. The Kier molecular flexibility index (Phi) is 2.81. The summed E-state index contributed by atoms with van der Waals surface area (Å²) in [6.45, 7) is 0.878. The summed E-state index contributed by atoms with van der Waals surface area (Å²) in [7, 11) is 1.68. The molecule has 0 saturated heterocycles. The highest BCUT2D eigenvalue weighted by Crippen LogP contribution is 2.36. The van der Waals surface area contributed by atoms with Gasteiger partial charge in [-0.25, -0.2) is 0 Å². The molecule has 3 nitrogen and oxygen atoms in total. The highest BCUT2D eigenvalue weighted by Gasteiger charge is 2.32. The van der Waals surface area contributed by atoms with E-state index in [0.717, 1.165) is 24.7 Å². The highest BCUT2D eigenvalue weighted by molar-refractivity contribution is 5.42. The Morgan fingerprint density at radius 1 is 1.35 bits per heavy atom. The third kappa shape index (κ3) is 2.17. The van der Waals surface area contributed by atoms with E-state index in [2.05, 4.69) is 6.07 Å². The zero-order valence-corrected chi connectivity index (χ0v) is 10.2. The van der Waals surface area contributed by atoms with Gasteiger partial charge in [0.2, 0.25) is 0 Å². The van der Waals surface area contributed by atoms with Crippen molar-refractivity contribution in [1.29, 1.82) is 0 Å². The molecule has 2 aliphatic carbocycles. The van der Waals surface area contributed by atoms with Crippen molar-refractivity contribution in [3.63, 3.8) is 0 Å². The zero-order chi connectivity index (χ0) is 11.8. The minimum Gasteiger partial charge on any atom is -0.497 e. The predicted octanol–water partition coefficient (Wildman–Crippen LogP) is 2.05. The Hall–Kier alpha value is -1.06. The van der Waals surface area contributed by atoms with Crippen LogP contribution in [0.2, 0.25) is 0 Å². The second kappa shape index (κ2) is 4.31. The smallest absolute Gasteiger partial charge is 0.119 e. The topological polar surface area (TPSA) is 44.5 Å². The summed E-state index contributed by atoms with van der Waals surface area (Å²) in [4.78, 5) is 0. The summed E-state index contributed by atoms with van der Waals surface area (Å²) >= 11 is 0. The second-order valence-corrected chi connectivity index (χ2v) is 5.11. The Morgan fingerprint density at radius 3 is 2.88 bits per heavy atom. The molecular formula is C14H19NO2. The molecule has 0 heterocycles. The Labute approximate surface area is 102 Å². The van der Waals surface area contributed by atoms with Crippen LogP contribution < -0.4 is 10.5 Å². The summed E-state index contributed by atoms with van der Waals surface area (Å²) in [5, 5.41) is 0. The molecule has 1 fully saturated rings. The molecule has 0 amide bonds. The van der Waals surface area contributed by atoms with Crippen LogP contribution in [0.4, 0.5) is 0 Å². The molecule has 3 rings (SSSR count). The number of rotatable bonds is 4. The van der Waals surface area contributed by atoms with Crippen molar-refractivity contribution in [1.82, 2.24) is 0 Å². The van der Waals surface area contributed by atoms with Crippen molar-refractivity contribution in [2.75, 3.05) is 13.7 Å². The lowest BCUT2D eigenvalue weighted by Crippen LogP contribution is -2.25. The average Bonchev–Trinajstić information content (AvgIpc) is 3.13. The van der Waals surface area contributed by atoms with E-state index in [4.69, 9.17) is 15.2 Å². The van der Waals surface area contributed by atoms with E-state index in [9.17, 15) is 0 Å². The van der Waals surface area contributed by atoms with E-state index in [-0.39, 0.29) is 12.1 Å². The van der Waals surface area contributed by atoms with Crippen LogP contribution in [0.3, 0.4) is 0 Å². The monoisotopic (exact) mass is 233 g/mol. The van der Waals surface area contributed by atoms with E-state index in [1.54, 1.807) is 7.11 Å². The zero-order valence-electron chi connectivity index (χ0n) is 10.2. The fourth-order valence-electron chi connectivity index (χ4n) is 2.45. The lowest BCUT2D eigenvalue weighted by molar-refractivity contribution is 0.0367.